The summed E-state index contributed by atoms with van der Waals surface area (Å²) >= 11 is 0. The molecule has 0 amide bonds. The van der Waals surface area contributed by atoms with E-state index < -0.39 is 0 Å². The summed E-state index contributed by atoms with van der Waals surface area (Å²) in [5, 5.41) is 11.9. The zero-order valence-corrected chi connectivity index (χ0v) is 9.31. The Bertz CT molecular complexity index is 393. The van der Waals surface area contributed by atoms with Crippen LogP contribution in [0.4, 0.5) is 0 Å². The van der Waals surface area contributed by atoms with Gasteiger partial charge >= 0.3 is 0 Å². The summed E-state index contributed by atoms with van der Waals surface area (Å²) in [5.41, 5.74) is 0.406. The molecule has 4 heteroatoms. The van der Waals surface area contributed by atoms with Crippen molar-refractivity contribution in [1.82, 2.24) is 10.3 Å². The molecule has 0 saturated heterocycles. The molecule has 0 aliphatic heterocycles. The van der Waals surface area contributed by atoms with E-state index in [1.165, 1.54) is 0 Å². The topological polar surface area (TPSA) is 57.9 Å². The molecule has 1 aromatic rings. The monoisotopic (exact) mass is 217 g/mol. The van der Waals surface area contributed by atoms with Crippen LogP contribution in [0.3, 0.4) is 0 Å². The molecule has 1 N–H and O–H groups in total. The third-order valence-electron chi connectivity index (χ3n) is 2.81. The van der Waals surface area contributed by atoms with Crippen molar-refractivity contribution >= 4 is 0 Å². The number of hydrogen-bond acceptors (Lipinski definition) is 4. The lowest BCUT2D eigenvalue weighted by Gasteiger charge is -2.34. The van der Waals surface area contributed by atoms with Gasteiger partial charge in [0, 0.05) is 6.07 Å². The zero-order valence-electron chi connectivity index (χ0n) is 9.31. The van der Waals surface area contributed by atoms with E-state index in [0.717, 1.165) is 19.4 Å². The Morgan fingerprint density at radius 3 is 3.06 bits per heavy atom. The summed E-state index contributed by atoms with van der Waals surface area (Å²) in [6, 6.07) is 7.28. The second-order valence-electron chi connectivity index (χ2n) is 4.11. The van der Waals surface area contributed by atoms with Gasteiger partial charge in [-0.15, -0.1) is 0 Å². The Kier molecular flexibility index (Phi) is 3.37. The highest BCUT2D eigenvalue weighted by Gasteiger charge is 2.30. The van der Waals surface area contributed by atoms with E-state index >= 15 is 0 Å². The van der Waals surface area contributed by atoms with E-state index in [0.29, 0.717) is 17.5 Å². The number of rotatable bonds is 4. The maximum Gasteiger partial charge on any atom is 0.214 e. The predicted octanol–water partition coefficient (Wildman–Crippen LogP) is 1.33. The highest BCUT2D eigenvalue weighted by molar-refractivity contribution is 5.24. The average Bonchev–Trinajstić information content (AvgIpc) is 2.27. The van der Waals surface area contributed by atoms with E-state index in [1.807, 2.05) is 13.1 Å². The van der Waals surface area contributed by atoms with Crippen LogP contribution in [0.2, 0.25) is 0 Å². The van der Waals surface area contributed by atoms with Crippen molar-refractivity contribution in [2.24, 2.45) is 5.92 Å². The van der Waals surface area contributed by atoms with Gasteiger partial charge in [-0.1, -0.05) is 6.07 Å². The fourth-order valence-corrected chi connectivity index (χ4v) is 1.94. The predicted molar refractivity (Wildman–Crippen MR) is 60.0 cm³/mol. The quantitative estimate of drug-likeness (QED) is 0.826. The summed E-state index contributed by atoms with van der Waals surface area (Å²) < 4.78 is 5.68. The zero-order chi connectivity index (χ0) is 11.4. The lowest BCUT2D eigenvalue weighted by atomic mass is 9.82. The maximum atomic E-state index is 8.70. The van der Waals surface area contributed by atoms with Crippen molar-refractivity contribution in [3.8, 4) is 11.9 Å². The number of hydrogen-bond donors (Lipinski definition) is 1. The van der Waals surface area contributed by atoms with Gasteiger partial charge in [0.25, 0.3) is 0 Å². The van der Waals surface area contributed by atoms with Crippen LogP contribution < -0.4 is 10.1 Å². The molecule has 1 aromatic heterocycles. The Hall–Kier alpha value is -1.60. The van der Waals surface area contributed by atoms with Crippen LogP contribution in [0.15, 0.2) is 18.2 Å². The second kappa shape index (κ2) is 4.95. The number of nitrogens with zero attached hydrogens (tertiary/aromatic N) is 2. The summed E-state index contributed by atoms with van der Waals surface area (Å²) in [6.07, 6.45) is 2.40. The van der Waals surface area contributed by atoms with Crippen molar-refractivity contribution in [3.05, 3.63) is 23.9 Å². The Morgan fingerprint density at radius 2 is 2.38 bits per heavy atom. The van der Waals surface area contributed by atoms with Crippen LogP contribution in [0, 0.1) is 17.2 Å². The summed E-state index contributed by atoms with van der Waals surface area (Å²) in [4.78, 5) is 4.09. The first-order valence-electron chi connectivity index (χ1n) is 5.50. The van der Waals surface area contributed by atoms with Crippen molar-refractivity contribution in [2.45, 2.75) is 18.9 Å². The lowest BCUT2D eigenvalue weighted by molar-refractivity contribution is 0.0616. The molecule has 0 bridgehead atoms. The minimum Gasteiger partial charge on any atom is -0.474 e. The van der Waals surface area contributed by atoms with Crippen LogP contribution in [0.25, 0.3) is 0 Å². The third-order valence-corrected chi connectivity index (χ3v) is 2.81. The van der Waals surface area contributed by atoms with Gasteiger partial charge in [-0.3, -0.25) is 0 Å². The van der Waals surface area contributed by atoms with Crippen molar-refractivity contribution < 1.29 is 4.74 Å². The van der Waals surface area contributed by atoms with Crippen molar-refractivity contribution in [1.29, 1.82) is 5.26 Å². The summed E-state index contributed by atoms with van der Waals surface area (Å²) in [5.74, 6) is 1.28. The van der Waals surface area contributed by atoms with Crippen molar-refractivity contribution in [3.63, 3.8) is 0 Å². The third kappa shape index (κ3) is 2.50. The molecule has 0 atom stereocenters. The molecule has 2 rings (SSSR count). The minimum atomic E-state index is 0.264. The molecular weight excluding hydrogens is 202 g/mol. The van der Waals surface area contributed by atoms with Crippen LogP contribution >= 0.6 is 0 Å². The smallest absolute Gasteiger partial charge is 0.214 e. The second-order valence-corrected chi connectivity index (χ2v) is 4.11. The van der Waals surface area contributed by atoms with E-state index in [1.54, 1.807) is 18.2 Å². The molecule has 0 radical (unpaired) electrons. The largest absolute Gasteiger partial charge is 0.474 e. The first-order chi connectivity index (χ1) is 7.81. The van der Waals surface area contributed by atoms with Gasteiger partial charge < -0.3 is 10.1 Å². The highest BCUT2D eigenvalue weighted by atomic mass is 16.5. The maximum absolute atomic E-state index is 8.70. The number of ether oxygens (including phenoxy) is 1. The fourth-order valence-electron chi connectivity index (χ4n) is 1.94. The van der Waals surface area contributed by atoms with E-state index in [2.05, 4.69) is 10.3 Å². The Balaban J connectivity index is 1.85. The first-order valence-corrected chi connectivity index (χ1v) is 5.50. The van der Waals surface area contributed by atoms with Gasteiger partial charge in [-0.25, -0.2) is 4.98 Å². The van der Waals surface area contributed by atoms with E-state index in [-0.39, 0.29) is 6.10 Å². The molecule has 1 aliphatic carbocycles. The molecular formula is C12H15N3O. The lowest BCUT2D eigenvalue weighted by Crippen LogP contribution is -2.38. The molecule has 0 spiro atoms. The Morgan fingerprint density at radius 1 is 1.56 bits per heavy atom. The normalized spacial score (nSPS) is 23.2. The van der Waals surface area contributed by atoms with Gasteiger partial charge in [-0.2, -0.15) is 5.26 Å². The molecule has 1 heterocycles. The van der Waals surface area contributed by atoms with Crippen molar-refractivity contribution in [2.75, 3.05) is 13.6 Å². The number of aromatic nitrogens is 1. The highest BCUT2D eigenvalue weighted by Crippen LogP contribution is 2.30. The van der Waals surface area contributed by atoms with Gasteiger partial charge in [0.05, 0.1) is 0 Å². The molecule has 0 unspecified atom stereocenters. The van der Waals surface area contributed by atoms with Gasteiger partial charge in [0.2, 0.25) is 5.88 Å². The van der Waals surface area contributed by atoms with Gasteiger partial charge in [0.15, 0.2) is 0 Å². The average molecular weight is 217 g/mol. The molecule has 84 valence electrons. The molecule has 16 heavy (non-hydrogen) atoms. The van der Waals surface area contributed by atoms with Crippen LogP contribution in [0.1, 0.15) is 18.5 Å². The Labute approximate surface area is 95.3 Å². The summed E-state index contributed by atoms with van der Waals surface area (Å²) in [6.45, 7) is 1.05. The van der Waals surface area contributed by atoms with E-state index in [4.69, 9.17) is 10.00 Å². The van der Waals surface area contributed by atoms with Gasteiger partial charge in [0.1, 0.15) is 17.9 Å². The number of nitrogens with one attached hydrogen (secondary N) is 1. The SMILES string of the molecule is CNCC1CC(Oc2cccc(C#N)n2)C1. The first kappa shape index (κ1) is 10.9. The molecule has 1 saturated carbocycles. The number of pyridine rings is 1. The molecule has 4 nitrogen and oxygen atoms in total. The number of nitriles is 1. The summed E-state index contributed by atoms with van der Waals surface area (Å²) in [7, 11) is 1.96. The fraction of sp³-hybridized carbons (Fsp3) is 0.500. The molecule has 0 aromatic carbocycles. The van der Waals surface area contributed by atoms with Crippen LogP contribution in [0.5, 0.6) is 5.88 Å². The van der Waals surface area contributed by atoms with Gasteiger partial charge in [-0.05, 0) is 38.4 Å². The van der Waals surface area contributed by atoms with E-state index in [9.17, 15) is 0 Å². The van der Waals surface area contributed by atoms with Crippen LogP contribution in [-0.4, -0.2) is 24.7 Å². The standard InChI is InChI=1S/C12H15N3O/c1-14-8-9-5-11(6-9)16-12-4-2-3-10(7-13)15-12/h2-4,9,11,14H,5-6,8H2,1H3. The molecule has 1 fully saturated rings. The van der Waals surface area contributed by atoms with Crippen LogP contribution in [-0.2, 0) is 0 Å². The molecule has 1 aliphatic rings. The minimum absolute atomic E-state index is 0.264.